The first-order valence-corrected chi connectivity index (χ1v) is 11.7. The monoisotopic (exact) mass is 491 g/mol. The van der Waals surface area contributed by atoms with Crippen molar-refractivity contribution in [1.82, 2.24) is 24.4 Å². The first-order valence-electron chi connectivity index (χ1n) is 11.7. The van der Waals surface area contributed by atoms with Crippen molar-refractivity contribution in [2.24, 2.45) is 0 Å². The minimum Gasteiger partial charge on any atom is -0.493 e. The molecule has 1 saturated heterocycles. The number of rotatable bonds is 9. The Bertz CT molecular complexity index is 1340. The van der Waals surface area contributed by atoms with Crippen LogP contribution in [0.5, 0.6) is 17.2 Å². The van der Waals surface area contributed by atoms with Crippen LogP contribution in [0.25, 0.3) is 16.9 Å². The molecular weight excluding hydrogens is 462 g/mol. The largest absolute Gasteiger partial charge is 0.493 e. The number of para-hydroxylation sites is 2. The lowest BCUT2D eigenvalue weighted by Crippen LogP contribution is -2.38. The summed E-state index contributed by atoms with van der Waals surface area (Å²) in [6.07, 6.45) is 1.67. The molecule has 1 aliphatic rings. The fourth-order valence-electron chi connectivity index (χ4n) is 4.17. The van der Waals surface area contributed by atoms with E-state index in [0.717, 1.165) is 43.9 Å². The van der Waals surface area contributed by atoms with Crippen LogP contribution in [0.2, 0.25) is 0 Å². The maximum Gasteiger partial charge on any atom is 0.229 e. The van der Waals surface area contributed by atoms with Gasteiger partial charge in [-0.25, -0.2) is 9.97 Å². The van der Waals surface area contributed by atoms with Gasteiger partial charge >= 0.3 is 0 Å². The molecule has 4 aromatic rings. The number of nitrogens with two attached hydrogens (primary N) is 1. The van der Waals surface area contributed by atoms with Gasteiger partial charge in [-0.1, -0.05) is 12.1 Å². The average Bonchev–Trinajstić information content (AvgIpc) is 3.24. The Morgan fingerprint density at radius 2 is 1.83 bits per heavy atom. The van der Waals surface area contributed by atoms with E-state index in [9.17, 15) is 0 Å². The quantitative estimate of drug-likeness (QED) is 0.361. The molecule has 36 heavy (non-hydrogen) atoms. The molecule has 2 aromatic carbocycles. The van der Waals surface area contributed by atoms with Gasteiger partial charge in [0.2, 0.25) is 17.6 Å². The third-order valence-corrected chi connectivity index (χ3v) is 5.93. The number of imidazole rings is 1. The number of methoxy groups -OCH3 is 2. The Hall–Kier alpha value is -4.09. The number of ether oxygens (including phenoxy) is 4. The zero-order valence-electron chi connectivity index (χ0n) is 20.3. The number of nitrogens with one attached hydrogen (secondary N) is 1. The minimum atomic E-state index is 0.350. The summed E-state index contributed by atoms with van der Waals surface area (Å²) in [5, 5.41) is 3.24. The summed E-state index contributed by atoms with van der Waals surface area (Å²) in [4.78, 5) is 15.8. The highest BCUT2D eigenvalue weighted by molar-refractivity contribution is 5.80. The molecule has 0 bridgehead atoms. The Balaban J connectivity index is 1.39. The molecular formula is C25H29N7O4. The van der Waals surface area contributed by atoms with E-state index in [0.29, 0.717) is 47.3 Å². The third kappa shape index (κ3) is 4.97. The lowest BCUT2D eigenvalue weighted by molar-refractivity contribution is 0.0321. The van der Waals surface area contributed by atoms with Gasteiger partial charge in [-0.05, 0) is 12.1 Å². The van der Waals surface area contributed by atoms with E-state index in [1.165, 1.54) is 0 Å². The SMILES string of the molecule is COc1cc(Nc2nccc(-n3c(N)nc4ccccc43)n2)cc(OCCN2CCOCC2)c1OC. The van der Waals surface area contributed by atoms with Crippen molar-refractivity contribution >= 4 is 28.6 Å². The van der Waals surface area contributed by atoms with Gasteiger partial charge < -0.3 is 30.0 Å². The summed E-state index contributed by atoms with van der Waals surface area (Å²) >= 11 is 0. The van der Waals surface area contributed by atoms with Gasteiger partial charge in [0.25, 0.3) is 0 Å². The molecule has 0 unspecified atom stereocenters. The van der Waals surface area contributed by atoms with E-state index in [4.69, 9.17) is 24.7 Å². The Morgan fingerprint density at radius 3 is 2.64 bits per heavy atom. The highest BCUT2D eigenvalue weighted by atomic mass is 16.5. The number of fused-ring (bicyclic) bond motifs is 1. The Labute approximate surface area is 208 Å². The van der Waals surface area contributed by atoms with E-state index in [1.807, 2.05) is 36.4 Å². The van der Waals surface area contributed by atoms with E-state index < -0.39 is 0 Å². The van der Waals surface area contributed by atoms with Crippen LogP contribution < -0.4 is 25.3 Å². The van der Waals surface area contributed by atoms with Gasteiger partial charge in [0.05, 0.1) is 38.5 Å². The fourth-order valence-corrected chi connectivity index (χ4v) is 4.17. The molecule has 188 valence electrons. The maximum absolute atomic E-state index is 6.19. The van der Waals surface area contributed by atoms with E-state index in [1.54, 1.807) is 31.0 Å². The van der Waals surface area contributed by atoms with Crippen LogP contribution in [0.1, 0.15) is 0 Å². The summed E-state index contributed by atoms with van der Waals surface area (Å²) < 4.78 is 24.4. The molecule has 0 radical (unpaired) electrons. The summed E-state index contributed by atoms with van der Waals surface area (Å²) in [7, 11) is 3.18. The van der Waals surface area contributed by atoms with Crippen LogP contribution in [0.4, 0.5) is 17.6 Å². The smallest absolute Gasteiger partial charge is 0.229 e. The molecule has 0 amide bonds. The lowest BCUT2D eigenvalue weighted by atomic mass is 10.2. The first kappa shape index (κ1) is 23.6. The molecule has 0 spiro atoms. The molecule has 11 heteroatoms. The summed E-state index contributed by atoms with van der Waals surface area (Å²) in [5.74, 6) is 2.95. The molecule has 5 rings (SSSR count). The lowest BCUT2D eigenvalue weighted by Gasteiger charge is -2.26. The van der Waals surface area contributed by atoms with E-state index in [-0.39, 0.29) is 0 Å². The number of aromatic nitrogens is 4. The third-order valence-electron chi connectivity index (χ3n) is 5.93. The number of anilines is 3. The van der Waals surface area contributed by atoms with Gasteiger partial charge in [-0.15, -0.1) is 0 Å². The first-order chi connectivity index (χ1) is 17.7. The molecule has 11 nitrogen and oxygen atoms in total. The average molecular weight is 492 g/mol. The van der Waals surface area contributed by atoms with Crippen LogP contribution in [0.15, 0.2) is 48.7 Å². The second kappa shape index (κ2) is 10.7. The predicted octanol–water partition coefficient (Wildman–Crippen LogP) is 2.87. The van der Waals surface area contributed by atoms with Crippen LogP contribution in [0.3, 0.4) is 0 Å². The minimum absolute atomic E-state index is 0.350. The van der Waals surface area contributed by atoms with Crippen molar-refractivity contribution in [2.45, 2.75) is 0 Å². The zero-order valence-corrected chi connectivity index (χ0v) is 20.3. The molecule has 1 fully saturated rings. The van der Waals surface area contributed by atoms with Gasteiger partial charge in [-0.3, -0.25) is 9.47 Å². The highest BCUT2D eigenvalue weighted by Gasteiger charge is 2.17. The van der Waals surface area contributed by atoms with Crippen molar-refractivity contribution in [2.75, 3.05) is 64.7 Å². The normalized spacial score (nSPS) is 14.1. The number of nitrogen functional groups attached to an aromatic ring is 1. The van der Waals surface area contributed by atoms with Crippen LogP contribution >= 0.6 is 0 Å². The predicted molar refractivity (Wildman–Crippen MR) is 137 cm³/mol. The van der Waals surface area contributed by atoms with Crippen molar-refractivity contribution in [3.63, 3.8) is 0 Å². The highest BCUT2D eigenvalue weighted by Crippen LogP contribution is 2.40. The second-order valence-corrected chi connectivity index (χ2v) is 8.17. The molecule has 0 atom stereocenters. The second-order valence-electron chi connectivity index (χ2n) is 8.17. The topological polar surface area (TPSA) is 122 Å². The Kier molecular flexibility index (Phi) is 7.01. The molecule has 3 heterocycles. The molecule has 1 aliphatic heterocycles. The number of nitrogens with zero attached hydrogens (tertiary/aromatic N) is 5. The summed E-state index contributed by atoms with van der Waals surface area (Å²) in [6.45, 7) is 4.58. The van der Waals surface area contributed by atoms with E-state index in [2.05, 4.69) is 25.2 Å². The van der Waals surface area contributed by atoms with Crippen molar-refractivity contribution in [3.8, 4) is 23.1 Å². The van der Waals surface area contributed by atoms with Gasteiger partial charge in [-0.2, -0.15) is 4.98 Å². The summed E-state index contributed by atoms with van der Waals surface area (Å²) in [6, 6.07) is 13.1. The fraction of sp³-hybridized carbons (Fsp3) is 0.320. The van der Waals surface area contributed by atoms with Crippen LogP contribution in [0, 0.1) is 0 Å². The van der Waals surface area contributed by atoms with Crippen LogP contribution in [-0.2, 0) is 4.74 Å². The molecule has 0 aliphatic carbocycles. The molecule has 0 saturated carbocycles. The van der Waals surface area contributed by atoms with Crippen molar-refractivity contribution in [3.05, 3.63) is 48.7 Å². The number of hydrogen-bond donors (Lipinski definition) is 2. The number of morpholine rings is 1. The molecule has 2 aromatic heterocycles. The molecule has 3 N–H and O–H groups in total. The number of hydrogen-bond acceptors (Lipinski definition) is 10. The maximum atomic E-state index is 6.19. The number of benzene rings is 2. The van der Waals surface area contributed by atoms with Crippen molar-refractivity contribution in [1.29, 1.82) is 0 Å². The van der Waals surface area contributed by atoms with Gasteiger partial charge in [0.15, 0.2) is 11.5 Å². The Morgan fingerprint density at radius 1 is 1.03 bits per heavy atom. The van der Waals surface area contributed by atoms with E-state index >= 15 is 0 Å². The standard InChI is InChI=1S/C25H29N7O4/c1-33-20-15-17(16-21(23(20)34-2)36-14-11-31-9-12-35-13-10-31)28-25-27-8-7-22(30-25)32-19-6-4-3-5-18(19)29-24(32)26/h3-8,15-16H,9-14H2,1-2H3,(H2,26,29)(H,27,28,30). The van der Waals surface area contributed by atoms with Crippen molar-refractivity contribution < 1.29 is 18.9 Å². The van der Waals surface area contributed by atoms with Crippen LogP contribution in [-0.4, -0.2) is 78.1 Å². The zero-order chi connectivity index (χ0) is 24.9. The summed E-state index contributed by atoms with van der Waals surface area (Å²) in [5.41, 5.74) is 8.54. The van der Waals surface area contributed by atoms with Gasteiger partial charge in [0, 0.05) is 49.7 Å². The van der Waals surface area contributed by atoms with Gasteiger partial charge in [0.1, 0.15) is 12.4 Å².